The summed E-state index contributed by atoms with van der Waals surface area (Å²) < 4.78 is 74.9. The summed E-state index contributed by atoms with van der Waals surface area (Å²) in [6.45, 7) is 0. The van der Waals surface area contributed by atoms with E-state index in [0.717, 1.165) is 0 Å². The molecule has 0 fully saturated rings. The average Bonchev–Trinajstić information content (AvgIpc) is 2.36. The van der Waals surface area contributed by atoms with Gasteiger partial charge >= 0.3 is 41.1 Å². The molecule has 1 unspecified atom stereocenters. The third kappa shape index (κ3) is 2.21. The van der Waals surface area contributed by atoms with E-state index in [-0.39, 0.29) is 0 Å². The molecule has 8 nitrogen and oxygen atoms in total. The minimum Gasteiger partial charge on any atom is -0.480 e. The van der Waals surface area contributed by atoms with E-state index in [1.807, 2.05) is 9.88 Å². The van der Waals surface area contributed by atoms with Crippen molar-refractivity contribution in [1.29, 1.82) is 0 Å². The van der Waals surface area contributed by atoms with Crippen LogP contribution in [0.4, 0.5) is 26.6 Å². The van der Waals surface area contributed by atoms with Crippen molar-refractivity contribution in [2.24, 2.45) is 5.41 Å². The highest BCUT2D eigenvalue weighted by atomic mass is 19.4. The fraction of sp³-hybridized carbons (Fsp3) is 0.429. The first-order valence-electron chi connectivity index (χ1n) is 4.24. The number of rotatable bonds is 5. The van der Waals surface area contributed by atoms with E-state index in [2.05, 4.69) is 0 Å². The first-order valence-corrected chi connectivity index (χ1v) is 4.24. The summed E-state index contributed by atoms with van der Waals surface area (Å²) in [5.74, 6) is -14.3. The van der Waals surface area contributed by atoms with E-state index in [0.29, 0.717) is 0 Å². The molecule has 0 bridgehead atoms. The van der Waals surface area contributed by atoms with Crippen LogP contribution in [-0.2, 0) is 29.1 Å². The topological polar surface area (TPSA) is 127 Å². The number of aliphatic carboxylic acids is 2. The molecule has 0 rings (SSSR count). The Hall–Kier alpha value is -2.54. The molecule has 0 aromatic carbocycles. The Morgan fingerprint density at radius 2 is 1.10 bits per heavy atom. The van der Waals surface area contributed by atoms with Crippen LogP contribution >= 0.6 is 0 Å². The van der Waals surface area contributed by atoms with E-state index in [9.17, 15) is 45.8 Å². The second-order valence-electron chi connectivity index (χ2n) is 3.25. The van der Waals surface area contributed by atoms with Crippen LogP contribution in [0, 0.1) is 5.41 Å². The van der Waals surface area contributed by atoms with Crippen molar-refractivity contribution in [3.8, 4) is 0 Å². The van der Waals surface area contributed by atoms with Gasteiger partial charge in [-0.2, -0.15) is 13.2 Å². The number of halogens is 6. The average molecular weight is 328 g/mol. The van der Waals surface area contributed by atoms with Crippen LogP contribution in [0.2, 0.25) is 0 Å². The lowest BCUT2D eigenvalue weighted by molar-refractivity contribution is -0.283. The molecule has 0 saturated heterocycles. The van der Waals surface area contributed by atoms with Gasteiger partial charge in [-0.25, -0.2) is 18.8 Å². The van der Waals surface area contributed by atoms with Crippen LogP contribution < -0.4 is 0 Å². The molecular formula is C7H2F6O8. The molecule has 1 atom stereocenters. The Balaban J connectivity index is 6.90. The molecule has 0 radical (unpaired) electrons. The number of hydrogen-bond acceptors (Lipinski definition) is 6. The monoisotopic (exact) mass is 328 g/mol. The summed E-state index contributed by atoms with van der Waals surface area (Å²) in [5.41, 5.74) is -11.9. The molecule has 0 aromatic rings. The van der Waals surface area contributed by atoms with Crippen molar-refractivity contribution >= 4 is 23.9 Å². The summed E-state index contributed by atoms with van der Waals surface area (Å²) in [7, 11) is 0. The Bertz CT molecular complexity index is 470. The van der Waals surface area contributed by atoms with E-state index in [1.54, 1.807) is 0 Å². The fourth-order valence-corrected chi connectivity index (χ4v) is 1.30. The Kier molecular flexibility index (Phi) is 4.79. The Morgan fingerprint density at radius 1 is 0.762 bits per heavy atom. The molecule has 0 saturated carbocycles. The van der Waals surface area contributed by atoms with Gasteiger partial charge in [0.05, 0.1) is 0 Å². The van der Waals surface area contributed by atoms with Crippen molar-refractivity contribution < 1.29 is 65.9 Å². The minimum atomic E-state index is -6.78. The molecule has 0 aliphatic heterocycles. The van der Waals surface area contributed by atoms with E-state index in [1.165, 1.54) is 0 Å². The predicted molar refractivity (Wildman–Crippen MR) is 42.0 cm³/mol. The molecular weight excluding hydrogens is 326 g/mol. The maximum atomic E-state index is 13.8. The summed E-state index contributed by atoms with van der Waals surface area (Å²) in [5, 5.41) is 16.7. The number of carboxylic acids is 2. The lowest BCUT2D eigenvalue weighted by atomic mass is 9.72. The van der Waals surface area contributed by atoms with Crippen molar-refractivity contribution in [3.05, 3.63) is 0 Å². The van der Waals surface area contributed by atoms with Gasteiger partial charge in [0.15, 0.2) is 0 Å². The molecule has 21 heavy (non-hydrogen) atoms. The molecule has 120 valence electrons. The highest BCUT2D eigenvalue weighted by Gasteiger charge is 2.86. The molecule has 2 N–H and O–H groups in total. The standard InChI is InChI=1S/C7H2F6O8/c8-6(2(16)17,7(9,10)11)5(1(14)15,3(18)20-12)4(19)21-13/h(H,14,15)(H,16,17). The Morgan fingerprint density at radius 3 is 1.24 bits per heavy atom. The summed E-state index contributed by atoms with van der Waals surface area (Å²) in [6, 6.07) is 0. The van der Waals surface area contributed by atoms with Gasteiger partial charge in [0.25, 0.3) is 0 Å². The number of hydrogen-bond donors (Lipinski definition) is 2. The van der Waals surface area contributed by atoms with E-state index < -0.39 is 41.1 Å². The second kappa shape index (κ2) is 5.45. The van der Waals surface area contributed by atoms with Gasteiger partial charge in [-0.3, -0.25) is 14.7 Å². The number of alkyl halides is 4. The van der Waals surface area contributed by atoms with Gasteiger partial charge < -0.3 is 10.2 Å². The number of carbonyl (C=O) groups is 4. The van der Waals surface area contributed by atoms with Crippen molar-refractivity contribution in [2.45, 2.75) is 11.8 Å². The quantitative estimate of drug-likeness (QED) is 0.544. The van der Waals surface area contributed by atoms with Crippen molar-refractivity contribution in [2.75, 3.05) is 0 Å². The van der Waals surface area contributed by atoms with Gasteiger partial charge in [0.1, 0.15) is 0 Å². The normalized spacial score (nSPS) is 14.8. The SMILES string of the molecule is O=C(O)C(C(=O)OF)(C(=O)OF)C(F)(C(=O)O)C(F)(F)F. The van der Waals surface area contributed by atoms with Crippen molar-refractivity contribution in [1.82, 2.24) is 0 Å². The van der Waals surface area contributed by atoms with Crippen LogP contribution in [-0.4, -0.2) is 45.9 Å². The zero-order valence-corrected chi connectivity index (χ0v) is 9.11. The molecule has 0 amide bonds. The first kappa shape index (κ1) is 18.5. The van der Waals surface area contributed by atoms with Gasteiger partial charge in [0.2, 0.25) is 0 Å². The van der Waals surface area contributed by atoms with E-state index in [4.69, 9.17) is 10.2 Å². The molecule has 0 heterocycles. The zero-order valence-electron chi connectivity index (χ0n) is 9.11. The van der Waals surface area contributed by atoms with E-state index >= 15 is 0 Å². The second-order valence-corrected chi connectivity index (χ2v) is 3.25. The number of carbonyl (C=O) groups excluding carboxylic acids is 2. The predicted octanol–water partition coefficient (Wildman–Crippen LogP) is 0.268. The van der Waals surface area contributed by atoms with Crippen molar-refractivity contribution in [3.63, 3.8) is 0 Å². The molecule has 0 aliphatic rings. The van der Waals surface area contributed by atoms with Gasteiger partial charge in [-0.1, -0.05) is 0 Å². The summed E-state index contributed by atoms with van der Waals surface area (Å²) in [4.78, 5) is 46.8. The lowest BCUT2D eigenvalue weighted by Crippen LogP contribution is -2.70. The number of carboxylic acid groups (broad SMARTS) is 2. The largest absolute Gasteiger partial charge is 0.480 e. The Labute approximate surface area is 108 Å². The van der Waals surface area contributed by atoms with Crippen LogP contribution in [0.1, 0.15) is 0 Å². The smallest absolute Gasteiger partial charge is 0.435 e. The highest BCUT2D eigenvalue weighted by molar-refractivity contribution is 6.22. The summed E-state index contributed by atoms with van der Waals surface area (Å²) in [6.07, 6.45) is -6.78. The zero-order chi connectivity index (χ0) is 17.2. The van der Waals surface area contributed by atoms with Crippen LogP contribution in [0.15, 0.2) is 0 Å². The fourth-order valence-electron chi connectivity index (χ4n) is 1.30. The van der Waals surface area contributed by atoms with Crippen LogP contribution in [0.3, 0.4) is 0 Å². The van der Waals surface area contributed by atoms with Gasteiger partial charge in [-0.05, 0) is 0 Å². The highest BCUT2D eigenvalue weighted by Crippen LogP contribution is 2.49. The van der Waals surface area contributed by atoms with Gasteiger partial charge in [-0.15, -0.1) is 0 Å². The third-order valence-electron chi connectivity index (χ3n) is 2.28. The minimum absolute atomic E-state index is 2.00. The first-order chi connectivity index (χ1) is 9.35. The molecule has 0 spiro atoms. The third-order valence-corrected chi connectivity index (χ3v) is 2.28. The molecule has 14 heteroatoms. The summed E-state index contributed by atoms with van der Waals surface area (Å²) >= 11 is 0. The van der Waals surface area contributed by atoms with Crippen LogP contribution in [0.25, 0.3) is 0 Å². The molecule has 0 aromatic heterocycles. The maximum absolute atomic E-state index is 13.8. The maximum Gasteiger partial charge on any atom is 0.435 e. The van der Waals surface area contributed by atoms with Crippen LogP contribution in [0.5, 0.6) is 0 Å². The molecule has 0 aliphatic carbocycles. The lowest BCUT2D eigenvalue weighted by Gasteiger charge is -2.33. The van der Waals surface area contributed by atoms with Gasteiger partial charge in [0, 0.05) is 9.05 Å².